The molecule has 3 rings (SSSR count). The summed E-state index contributed by atoms with van der Waals surface area (Å²) >= 11 is 6.18. The van der Waals surface area contributed by atoms with Crippen LogP contribution < -0.4 is 9.80 Å². The molecule has 0 aliphatic carbocycles. The van der Waals surface area contributed by atoms with Crippen LogP contribution in [-0.4, -0.2) is 24.9 Å². The summed E-state index contributed by atoms with van der Waals surface area (Å²) in [5.41, 5.74) is 3.60. The Labute approximate surface area is 153 Å². The van der Waals surface area contributed by atoms with Crippen molar-refractivity contribution in [3.05, 3.63) is 58.6 Å². The van der Waals surface area contributed by atoms with Crippen molar-refractivity contribution >= 4 is 34.8 Å². The van der Waals surface area contributed by atoms with Gasteiger partial charge in [-0.25, -0.2) is 0 Å². The van der Waals surface area contributed by atoms with Gasteiger partial charge in [0, 0.05) is 29.9 Å². The largest absolute Gasteiger partial charge is 0.311 e. The molecule has 0 saturated heterocycles. The van der Waals surface area contributed by atoms with Crippen LogP contribution in [0.25, 0.3) is 0 Å². The Bertz CT molecular complexity index is 819. The fourth-order valence-electron chi connectivity index (χ4n) is 3.27. The quantitative estimate of drug-likeness (QED) is 0.834. The Morgan fingerprint density at radius 3 is 2.68 bits per heavy atom. The zero-order valence-corrected chi connectivity index (χ0v) is 15.2. The minimum atomic E-state index is -0.177. The van der Waals surface area contributed by atoms with Crippen LogP contribution in [0.15, 0.2) is 42.5 Å². The maximum absolute atomic E-state index is 12.9. The van der Waals surface area contributed by atoms with E-state index in [2.05, 4.69) is 6.07 Å². The molecule has 1 aliphatic heterocycles. The van der Waals surface area contributed by atoms with Crippen molar-refractivity contribution < 1.29 is 9.59 Å². The predicted molar refractivity (Wildman–Crippen MR) is 101 cm³/mol. The van der Waals surface area contributed by atoms with Crippen molar-refractivity contribution in [1.29, 1.82) is 0 Å². The van der Waals surface area contributed by atoms with Gasteiger partial charge in [0.25, 0.3) is 0 Å². The second kappa shape index (κ2) is 7.28. The molecule has 0 N–H and O–H groups in total. The van der Waals surface area contributed by atoms with Gasteiger partial charge in [0.2, 0.25) is 11.8 Å². The van der Waals surface area contributed by atoms with Gasteiger partial charge < -0.3 is 9.80 Å². The number of carbonyl (C=O) groups is 2. The molecule has 2 aromatic rings. The van der Waals surface area contributed by atoms with E-state index >= 15 is 0 Å². The molecular weight excluding hydrogens is 336 g/mol. The number of rotatable bonds is 3. The van der Waals surface area contributed by atoms with Crippen LogP contribution in [0, 0.1) is 6.92 Å². The van der Waals surface area contributed by atoms with Crippen LogP contribution in [-0.2, 0) is 16.0 Å². The number of hydrogen-bond acceptors (Lipinski definition) is 2. The maximum atomic E-state index is 12.9. The number of carbonyl (C=O) groups excluding carboxylic acids is 2. The van der Waals surface area contributed by atoms with E-state index in [4.69, 9.17) is 11.6 Å². The molecule has 0 bridgehead atoms. The van der Waals surface area contributed by atoms with Crippen molar-refractivity contribution in [3.63, 3.8) is 0 Å². The number of anilines is 2. The molecule has 1 heterocycles. The molecular formula is C20H21ClN2O2. The Morgan fingerprint density at radius 2 is 1.92 bits per heavy atom. The highest BCUT2D eigenvalue weighted by Crippen LogP contribution is 2.29. The van der Waals surface area contributed by atoms with Crippen LogP contribution >= 0.6 is 11.6 Å². The van der Waals surface area contributed by atoms with Gasteiger partial charge in [0.05, 0.1) is 0 Å². The topological polar surface area (TPSA) is 40.6 Å². The summed E-state index contributed by atoms with van der Waals surface area (Å²) < 4.78 is 0. The van der Waals surface area contributed by atoms with Crippen molar-refractivity contribution in [2.45, 2.75) is 26.7 Å². The average molecular weight is 357 g/mol. The number of aryl methyl sites for hydroxylation is 1. The van der Waals surface area contributed by atoms with E-state index in [0.717, 1.165) is 24.1 Å². The number of nitrogens with zero attached hydrogens (tertiary/aromatic N) is 2. The first-order valence-corrected chi connectivity index (χ1v) is 8.78. The summed E-state index contributed by atoms with van der Waals surface area (Å²) in [7, 11) is 0. The minimum absolute atomic E-state index is 0.00481. The molecule has 4 nitrogen and oxygen atoms in total. The average Bonchev–Trinajstić information content (AvgIpc) is 2.61. The van der Waals surface area contributed by atoms with Gasteiger partial charge >= 0.3 is 0 Å². The molecule has 0 atom stereocenters. The molecule has 1 aliphatic rings. The predicted octanol–water partition coefficient (Wildman–Crippen LogP) is 3.98. The van der Waals surface area contributed by atoms with Crippen molar-refractivity contribution in [1.82, 2.24) is 0 Å². The summed E-state index contributed by atoms with van der Waals surface area (Å²) in [6.45, 7) is 4.01. The Kier molecular flexibility index (Phi) is 5.09. The summed E-state index contributed by atoms with van der Waals surface area (Å²) in [4.78, 5) is 28.4. The van der Waals surface area contributed by atoms with Gasteiger partial charge in [-0.3, -0.25) is 9.59 Å². The van der Waals surface area contributed by atoms with E-state index in [1.54, 1.807) is 17.0 Å². The first kappa shape index (κ1) is 17.5. The third-order valence-corrected chi connectivity index (χ3v) is 5.02. The van der Waals surface area contributed by atoms with Crippen molar-refractivity contribution in [2.75, 3.05) is 22.9 Å². The number of hydrogen-bond donors (Lipinski definition) is 0. The van der Waals surface area contributed by atoms with Gasteiger partial charge in [-0.2, -0.15) is 0 Å². The number of benzene rings is 2. The Morgan fingerprint density at radius 1 is 1.16 bits per heavy atom. The van der Waals surface area contributed by atoms with Crippen LogP contribution in [0.2, 0.25) is 5.02 Å². The highest BCUT2D eigenvalue weighted by molar-refractivity contribution is 6.31. The lowest BCUT2D eigenvalue weighted by Crippen LogP contribution is -2.44. The number of halogens is 1. The summed E-state index contributed by atoms with van der Waals surface area (Å²) in [5.74, 6) is -0.259. The van der Waals surface area contributed by atoms with Crippen LogP contribution in [0.5, 0.6) is 0 Å². The van der Waals surface area contributed by atoms with Gasteiger partial charge in [-0.1, -0.05) is 35.9 Å². The SMILES string of the molecule is CC(=O)N(CC(=O)N1CCCc2ccccc21)c1cccc(Cl)c1C. The molecule has 5 heteroatoms. The maximum Gasteiger partial charge on any atom is 0.247 e. The fraction of sp³-hybridized carbons (Fsp3) is 0.300. The molecule has 0 fully saturated rings. The zero-order valence-electron chi connectivity index (χ0n) is 14.5. The van der Waals surface area contributed by atoms with Crippen molar-refractivity contribution in [2.24, 2.45) is 0 Å². The molecule has 0 unspecified atom stereocenters. The lowest BCUT2D eigenvalue weighted by molar-refractivity contribution is -0.121. The van der Waals surface area contributed by atoms with Crippen molar-refractivity contribution in [3.8, 4) is 0 Å². The minimum Gasteiger partial charge on any atom is -0.311 e. The molecule has 0 aromatic heterocycles. The third-order valence-electron chi connectivity index (χ3n) is 4.61. The van der Waals surface area contributed by atoms with Gasteiger partial charge in [0.15, 0.2) is 0 Å². The smallest absolute Gasteiger partial charge is 0.247 e. The molecule has 0 saturated carbocycles. The zero-order chi connectivity index (χ0) is 18.0. The molecule has 25 heavy (non-hydrogen) atoms. The van der Waals surface area contributed by atoms with Crippen LogP contribution in [0.1, 0.15) is 24.5 Å². The number of para-hydroxylation sites is 1. The lowest BCUT2D eigenvalue weighted by atomic mass is 10.0. The molecule has 0 spiro atoms. The lowest BCUT2D eigenvalue weighted by Gasteiger charge is -2.32. The molecule has 2 aromatic carbocycles. The molecule has 2 amide bonds. The highest BCUT2D eigenvalue weighted by atomic mass is 35.5. The monoisotopic (exact) mass is 356 g/mol. The first-order valence-electron chi connectivity index (χ1n) is 8.40. The Hall–Kier alpha value is -2.33. The normalized spacial score (nSPS) is 13.3. The third kappa shape index (κ3) is 3.54. The van der Waals surface area contributed by atoms with Gasteiger partial charge in [-0.05, 0) is 49.1 Å². The van der Waals surface area contributed by atoms with E-state index in [1.807, 2.05) is 31.2 Å². The second-order valence-electron chi connectivity index (χ2n) is 6.27. The number of amides is 2. The summed E-state index contributed by atoms with van der Waals surface area (Å²) in [6.07, 6.45) is 1.91. The van der Waals surface area contributed by atoms with E-state index < -0.39 is 0 Å². The van der Waals surface area contributed by atoms with Gasteiger partial charge in [0.1, 0.15) is 6.54 Å². The standard InChI is InChI=1S/C20H21ClN2O2/c1-14-17(21)9-5-11-18(14)23(15(2)24)13-20(25)22-12-6-8-16-7-3-4-10-19(16)22/h3-5,7,9-11H,6,8,12-13H2,1-2H3. The molecule has 0 radical (unpaired) electrons. The van der Waals surface area contributed by atoms with E-state index in [9.17, 15) is 9.59 Å². The van der Waals surface area contributed by atoms with E-state index in [-0.39, 0.29) is 18.4 Å². The number of fused-ring (bicyclic) bond motifs is 1. The first-order chi connectivity index (χ1) is 12.0. The second-order valence-corrected chi connectivity index (χ2v) is 6.67. The van der Waals surface area contributed by atoms with Crippen LogP contribution in [0.4, 0.5) is 11.4 Å². The highest BCUT2D eigenvalue weighted by Gasteiger charge is 2.26. The summed E-state index contributed by atoms with van der Waals surface area (Å²) in [5, 5.41) is 0.583. The molecule has 130 valence electrons. The summed E-state index contributed by atoms with van der Waals surface area (Å²) in [6, 6.07) is 13.3. The Balaban J connectivity index is 1.88. The van der Waals surface area contributed by atoms with E-state index in [1.165, 1.54) is 17.4 Å². The van der Waals surface area contributed by atoms with E-state index in [0.29, 0.717) is 17.3 Å². The fourth-order valence-corrected chi connectivity index (χ4v) is 3.44. The van der Waals surface area contributed by atoms with Gasteiger partial charge in [-0.15, -0.1) is 0 Å². The van der Waals surface area contributed by atoms with Crippen LogP contribution in [0.3, 0.4) is 0 Å².